The summed E-state index contributed by atoms with van der Waals surface area (Å²) in [7, 11) is 0. The van der Waals surface area contributed by atoms with Gasteiger partial charge in [-0.2, -0.15) is 0 Å². The quantitative estimate of drug-likeness (QED) is 0.853. The van der Waals surface area contributed by atoms with E-state index in [2.05, 4.69) is 0 Å². The third-order valence-corrected chi connectivity index (χ3v) is 3.55. The van der Waals surface area contributed by atoms with E-state index >= 15 is 0 Å². The zero-order chi connectivity index (χ0) is 16.2. The number of carbonyl (C=O) groups excluding carboxylic acids is 2. The topological polar surface area (TPSA) is 78.6 Å². The summed E-state index contributed by atoms with van der Waals surface area (Å²) in [4.78, 5) is 23.3. The van der Waals surface area contributed by atoms with Crippen molar-refractivity contribution >= 4 is 11.7 Å². The summed E-state index contributed by atoms with van der Waals surface area (Å²) in [5, 5.41) is 0. The molecule has 0 aromatic heterocycles. The van der Waals surface area contributed by atoms with Crippen molar-refractivity contribution < 1.29 is 19.1 Å². The zero-order valence-electron chi connectivity index (χ0n) is 12.3. The van der Waals surface area contributed by atoms with Crippen LogP contribution in [-0.4, -0.2) is 30.5 Å². The first kappa shape index (κ1) is 15.2. The number of benzene rings is 2. The van der Waals surface area contributed by atoms with E-state index in [1.165, 1.54) is 0 Å². The number of hydrogen-bond donors (Lipinski definition) is 1. The molecule has 2 aromatic rings. The van der Waals surface area contributed by atoms with Crippen LogP contribution in [-0.2, 0) is 9.53 Å². The van der Waals surface area contributed by atoms with Gasteiger partial charge in [-0.3, -0.25) is 9.59 Å². The Balaban J connectivity index is 1.64. The first-order valence-electron chi connectivity index (χ1n) is 7.26. The Bertz CT molecular complexity index is 697. The van der Waals surface area contributed by atoms with Crippen LogP contribution < -0.4 is 10.5 Å². The Morgan fingerprint density at radius 1 is 1.00 bits per heavy atom. The molecule has 0 saturated carbocycles. The predicted molar refractivity (Wildman–Crippen MR) is 84.0 cm³/mol. The molecule has 2 aromatic carbocycles. The smallest absolute Gasteiger partial charge is 0.247 e. The lowest BCUT2D eigenvalue weighted by molar-refractivity contribution is -0.125. The highest BCUT2D eigenvalue weighted by atomic mass is 16.6. The van der Waals surface area contributed by atoms with Crippen molar-refractivity contribution in [2.24, 2.45) is 5.73 Å². The van der Waals surface area contributed by atoms with E-state index in [1.807, 2.05) is 18.2 Å². The van der Waals surface area contributed by atoms with Crippen molar-refractivity contribution in [1.82, 2.24) is 0 Å². The number of rotatable bonds is 5. The standard InChI is InChI=1S/C18H16NO4/c19-18(21)16-10-15(11-22-16)23-14-8-6-13(7-9-14)17(20)12-4-2-1-3-5-12/h1-10,15-16H,11H2,(H2,19,21). The van der Waals surface area contributed by atoms with Gasteiger partial charge in [-0.1, -0.05) is 30.3 Å². The van der Waals surface area contributed by atoms with Crippen LogP contribution in [0.3, 0.4) is 0 Å². The molecule has 0 spiro atoms. The van der Waals surface area contributed by atoms with E-state index in [1.54, 1.807) is 42.8 Å². The summed E-state index contributed by atoms with van der Waals surface area (Å²) >= 11 is 0. The molecule has 1 heterocycles. The Kier molecular flexibility index (Phi) is 4.39. The second-order valence-corrected chi connectivity index (χ2v) is 5.22. The minimum absolute atomic E-state index is 0.0401. The van der Waals surface area contributed by atoms with Gasteiger partial charge >= 0.3 is 0 Å². The molecule has 2 unspecified atom stereocenters. The SMILES string of the molecule is NC(=O)C1[CH]C(Oc2ccc(C(=O)c3ccccc3)cc2)CO1. The molecular formula is C18H16NO4. The van der Waals surface area contributed by atoms with Gasteiger partial charge in [-0.25, -0.2) is 0 Å². The normalized spacial score (nSPS) is 20.2. The van der Waals surface area contributed by atoms with Gasteiger partial charge in [0.2, 0.25) is 5.91 Å². The number of carbonyl (C=O) groups is 2. The van der Waals surface area contributed by atoms with Crippen LogP contribution in [0.4, 0.5) is 0 Å². The number of ketones is 1. The number of nitrogens with two attached hydrogens (primary N) is 1. The number of ether oxygens (including phenoxy) is 2. The van der Waals surface area contributed by atoms with Crippen molar-refractivity contribution in [3.05, 3.63) is 72.1 Å². The van der Waals surface area contributed by atoms with Crippen LogP contribution in [0, 0.1) is 6.42 Å². The lowest BCUT2D eigenvalue weighted by atomic mass is 10.0. The number of amides is 1. The lowest BCUT2D eigenvalue weighted by Gasteiger charge is -2.12. The molecule has 0 aliphatic carbocycles. The molecule has 5 heteroatoms. The fourth-order valence-corrected chi connectivity index (χ4v) is 2.37. The van der Waals surface area contributed by atoms with Gasteiger partial charge < -0.3 is 15.2 Å². The van der Waals surface area contributed by atoms with Crippen molar-refractivity contribution in [1.29, 1.82) is 0 Å². The van der Waals surface area contributed by atoms with Crippen molar-refractivity contribution in [3.63, 3.8) is 0 Å². The van der Waals surface area contributed by atoms with E-state index in [-0.39, 0.29) is 18.5 Å². The molecule has 2 N–H and O–H groups in total. The third kappa shape index (κ3) is 3.57. The van der Waals surface area contributed by atoms with Crippen LogP contribution in [0.25, 0.3) is 0 Å². The number of hydrogen-bond acceptors (Lipinski definition) is 4. The molecule has 1 saturated heterocycles. The Morgan fingerprint density at radius 2 is 1.65 bits per heavy atom. The van der Waals surface area contributed by atoms with Gasteiger partial charge in [0.1, 0.15) is 18.0 Å². The molecule has 1 aliphatic heterocycles. The van der Waals surface area contributed by atoms with Gasteiger partial charge in [0, 0.05) is 17.5 Å². The minimum atomic E-state index is -0.709. The maximum atomic E-state index is 12.3. The van der Waals surface area contributed by atoms with Crippen LogP contribution >= 0.6 is 0 Å². The van der Waals surface area contributed by atoms with E-state index < -0.39 is 12.0 Å². The second kappa shape index (κ2) is 6.62. The summed E-state index contributed by atoms with van der Waals surface area (Å²) < 4.78 is 10.9. The molecule has 1 fully saturated rings. The molecule has 1 amide bonds. The lowest BCUT2D eigenvalue weighted by Crippen LogP contribution is -2.28. The van der Waals surface area contributed by atoms with Gasteiger partial charge in [0.15, 0.2) is 5.78 Å². The van der Waals surface area contributed by atoms with Gasteiger partial charge in [-0.15, -0.1) is 0 Å². The third-order valence-electron chi connectivity index (χ3n) is 3.55. The Morgan fingerprint density at radius 3 is 2.26 bits per heavy atom. The molecule has 23 heavy (non-hydrogen) atoms. The first-order chi connectivity index (χ1) is 11.1. The van der Waals surface area contributed by atoms with Crippen molar-refractivity contribution in [3.8, 4) is 5.75 Å². The summed E-state index contributed by atoms with van der Waals surface area (Å²) in [5.41, 5.74) is 6.40. The molecular weight excluding hydrogens is 294 g/mol. The van der Waals surface area contributed by atoms with E-state index in [4.69, 9.17) is 15.2 Å². The van der Waals surface area contributed by atoms with Gasteiger partial charge in [-0.05, 0) is 24.3 Å². The van der Waals surface area contributed by atoms with E-state index in [0.29, 0.717) is 16.9 Å². The molecule has 1 radical (unpaired) electrons. The molecule has 0 bridgehead atoms. The average molecular weight is 310 g/mol. The maximum absolute atomic E-state index is 12.3. The Labute approximate surface area is 134 Å². The Hall–Kier alpha value is -2.66. The maximum Gasteiger partial charge on any atom is 0.247 e. The van der Waals surface area contributed by atoms with Crippen LogP contribution in [0.2, 0.25) is 0 Å². The minimum Gasteiger partial charge on any atom is -0.488 e. The highest BCUT2D eigenvalue weighted by molar-refractivity contribution is 6.08. The summed E-state index contributed by atoms with van der Waals surface area (Å²) in [6.45, 7) is 0.276. The van der Waals surface area contributed by atoms with E-state index in [9.17, 15) is 9.59 Å². The molecule has 5 nitrogen and oxygen atoms in total. The zero-order valence-corrected chi connectivity index (χ0v) is 12.3. The highest BCUT2D eigenvalue weighted by Gasteiger charge is 2.31. The largest absolute Gasteiger partial charge is 0.488 e. The van der Waals surface area contributed by atoms with Gasteiger partial charge in [0.05, 0.1) is 6.61 Å². The predicted octanol–water partition coefficient (Wildman–Crippen LogP) is 1.75. The van der Waals surface area contributed by atoms with Crippen molar-refractivity contribution in [2.75, 3.05) is 6.61 Å². The molecule has 2 atom stereocenters. The fourth-order valence-electron chi connectivity index (χ4n) is 2.37. The molecule has 117 valence electrons. The first-order valence-corrected chi connectivity index (χ1v) is 7.26. The second-order valence-electron chi connectivity index (χ2n) is 5.22. The summed E-state index contributed by atoms with van der Waals surface area (Å²) in [6.07, 6.45) is 0.591. The fraction of sp³-hybridized carbons (Fsp3) is 0.167. The van der Waals surface area contributed by atoms with Crippen LogP contribution in [0.5, 0.6) is 5.75 Å². The summed E-state index contributed by atoms with van der Waals surface area (Å²) in [5.74, 6) is 0.0335. The van der Waals surface area contributed by atoms with Crippen molar-refractivity contribution in [2.45, 2.75) is 12.2 Å². The number of primary amides is 1. The van der Waals surface area contributed by atoms with E-state index in [0.717, 1.165) is 0 Å². The molecule has 3 rings (SSSR count). The van der Waals surface area contributed by atoms with Crippen LogP contribution in [0.15, 0.2) is 54.6 Å². The van der Waals surface area contributed by atoms with Crippen LogP contribution in [0.1, 0.15) is 15.9 Å². The monoisotopic (exact) mass is 310 g/mol. The van der Waals surface area contributed by atoms with Gasteiger partial charge in [0.25, 0.3) is 0 Å². The summed E-state index contributed by atoms with van der Waals surface area (Å²) in [6, 6.07) is 16.0. The average Bonchev–Trinajstić information content (AvgIpc) is 3.04. The molecule has 1 aliphatic rings. The highest BCUT2D eigenvalue weighted by Crippen LogP contribution is 2.21.